The lowest BCUT2D eigenvalue weighted by Crippen LogP contribution is -2.51. The van der Waals surface area contributed by atoms with Crippen molar-refractivity contribution >= 4 is 27.5 Å². The number of aromatic nitrogens is 1. The standard InChI is InChI=1S/C20H24ClN3O5S/c21-15-3-6-17(7-4-15)30(27,28)23-11-9-16-5-8-18(19(13-25)29-16)24-20(26)14-2-1-10-22-12-14/h1-4,6-7,10,12,16,18-19,23,25H,5,8-9,11,13H2,(H,24,26)/t16-,18-,19-/m1/s1. The van der Waals surface area contributed by atoms with E-state index >= 15 is 0 Å². The third-order valence-electron chi connectivity index (χ3n) is 4.92. The first-order valence-corrected chi connectivity index (χ1v) is 11.5. The molecule has 3 rings (SSSR count). The summed E-state index contributed by atoms with van der Waals surface area (Å²) < 4.78 is 33.1. The number of rotatable bonds is 8. The van der Waals surface area contributed by atoms with Crippen LogP contribution in [0.3, 0.4) is 0 Å². The Bertz CT molecular complexity index is 941. The van der Waals surface area contributed by atoms with Gasteiger partial charge in [-0.25, -0.2) is 13.1 Å². The second-order valence-corrected chi connectivity index (χ2v) is 9.22. The van der Waals surface area contributed by atoms with Crippen molar-refractivity contribution < 1.29 is 23.1 Å². The molecule has 1 aliphatic heterocycles. The molecule has 3 atom stereocenters. The van der Waals surface area contributed by atoms with Gasteiger partial charge in [-0.2, -0.15) is 0 Å². The zero-order chi connectivity index (χ0) is 21.6. The van der Waals surface area contributed by atoms with Crippen molar-refractivity contribution in [3.8, 4) is 0 Å². The van der Waals surface area contributed by atoms with Gasteiger partial charge in [-0.3, -0.25) is 9.78 Å². The van der Waals surface area contributed by atoms with Gasteiger partial charge in [0.2, 0.25) is 10.0 Å². The smallest absolute Gasteiger partial charge is 0.253 e. The van der Waals surface area contributed by atoms with Crippen molar-refractivity contribution in [1.82, 2.24) is 15.0 Å². The summed E-state index contributed by atoms with van der Waals surface area (Å²) in [5.41, 5.74) is 0.438. The quantitative estimate of drug-likeness (QED) is 0.560. The highest BCUT2D eigenvalue weighted by Gasteiger charge is 2.32. The molecule has 30 heavy (non-hydrogen) atoms. The maximum Gasteiger partial charge on any atom is 0.253 e. The number of hydrogen-bond acceptors (Lipinski definition) is 6. The largest absolute Gasteiger partial charge is 0.394 e. The van der Waals surface area contributed by atoms with E-state index in [1.165, 1.54) is 30.5 Å². The number of aliphatic hydroxyl groups is 1. The fourth-order valence-electron chi connectivity index (χ4n) is 3.31. The number of hydrogen-bond donors (Lipinski definition) is 3. The number of halogens is 1. The minimum Gasteiger partial charge on any atom is -0.394 e. The molecule has 2 heterocycles. The van der Waals surface area contributed by atoms with E-state index in [1.54, 1.807) is 18.3 Å². The molecule has 162 valence electrons. The maximum atomic E-state index is 12.3. The van der Waals surface area contributed by atoms with Gasteiger partial charge < -0.3 is 15.2 Å². The van der Waals surface area contributed by atoms with Gasteiger partial charge in [-0.05, 0) is 55.7 Å². The van der Waals surface area contributed by atoms with Crippen molar-refractivity contribution in [2.45, 2.75) is 42.4 Å². The molecule has 1 aromatic carbocycles. The molecular weight excluding hydrogens is 430 g/mol. The molecule has 0 radical (unpaired) electrons. The molecule has 0 spiro atoms. The predicted octanol–water partition coefficient (Wildman–Crippen LogP) is 1.74. The average Bonchev–Trinajstić information content (AvgIpc) is 2.75. The number of ether oxygens (including phenoxy) is 1. The molecule has 0 bridgehead atoms. The third-order valence-corrected chi connectivity index (χ3v) is 6.65. The molecule has 0 aliphatic carbocycles. The van der Waals surface area contributed by atoms with Gasteiger partial charge in [-0.1, -0.05) is 11.6 Å². The molecule has 10 heteroatoms. The summed E-state index contributed by atoms with van der Waals surface area (Å²) in [6.07, 6.45) is 3.99. The molecule has 1 saturated heterocycles. The minimum atomic E-state index is -3.63. The van der Waals surface area contributed by atoms with Gasteiger partial charge in [0, 0.05) is 24.0 Å². The SMILES string of the molecule is O=C(N[C@@H]1CC[C@H](CCNS(=O)(=O)c2ccc(Cl)cc2)O[C@@H]1CO)c1cccnc1. The fourth-order valence-corrected chi connectivity index (χ4v) is 4.48. The van der Waals surface area contributed by atoms with Crippen molar-refractivity contribution in [3.63, 3.8) is 0 Å². The Hall–Kier alpha value is -2.04. The number of sulfonamides is 1. The monoisotopic (exact) mass is 453 g/mol. The van der Waals surface area contributed by atoms with Gasteiger partial charge in [0.05, 0.1) is 29.2 Å². The van der Waals surface area contributed by atoms with Gasteiger partial charge in [0.25, 0.3) is 5.91 Å². The Morgan fingerprint density at radius 3 is 2.67 bits per heavy atom. The number of carbonyl (C=O) groups is 1. The van der Waals surface area contributed by atoms with E-state index in [4.69, 9.17) is 16.3 Å². The Labute approximate surface area is 180 Å². The summed E-state index contributed by atoms with van der Waals surface area (Å²) in [7, 11) is -3.63. The molecule has 1 aromatic heterocycles. The highest BCUT2D eigenvalue weighted by molar-refractivity contribution is 7.89. The van der Waals surface area contributed by atoms with Crippen molar-refractivity contribution in [1.29, 1.82) is 0 Å². The van der Waals surface area contributed by atoms with E-state index in [0.29, 0.717) is 29.8 Å². The first-order valence-electron chi connectivity index (χ1n) is 9.61. The van der Waals surface area contributed by atoms with Gasteiger partial charge in [0.1, 0.15) is 6.10 Å². The van der Waals surface area contributed by atoms with Crippen LogP contribution in [0.4, 0.5) is 0 Å². The number of nitrogens with zero attached hydrogens (tertiary/aromatic N) is 1. The summed E-state index contributed by atoms with van der Waals surface area (Å²) in [5.74, 6) is -0.274. The predicted molar refractivity (Wildman–Crippen MR) is 112 cm³/mol. The summed E-state index contributed by atoms with van der Waals surface area (Å²) in [5, 5.41) is 13.0. The lowest BCUT2D eigenvalue weighted by molar-refractivity contribution is -0.0891. The maximum absolute atomic E-state index is 12.3. The molecule has 1 amide bonds. The summed E-state index contributed by atoms with van der Waals surface area (Å²) in [6, 6.07) is 8.94. The molecule has 3 N–H and O–H groups in total. The normalized spacial score (nSPS) is 21.9. The zero-order valence-corrected chi connectivity index (χ0v) is 17.8. The van der Waals surface area contributed by atoms with E-state index in [2.05, 4.69) is 15.0 Å². The second kappa shape index (κ2) is 10.3. The Kier molecular flexibility index (Phi) is 7.79. The van der Waals surface area contributed by atoms with E-state index in [1.807, 2.05) is 0 Å². The van der Waals surface area contributed by atoms with Crippen LogP contribution in [-0.4, -0.2) is 55.8 Å². The van der Waals surface area contributed by atoms with E-state index in [0.717, 1.165) is 0 Å². The van der Waals surface area contributed by atoms with E-state index in [-0.39, 0.29) is 36.1 Å². The molecule has 0 unspecified atom stereocenters. The van der Waals surface area contributed by atoms with Gasteiger partial charge in [-0.15, -0.1) is 0 Å². The Morgan fingerprint density at radius 1 is 1.23 bits per heavy atom. The lowest BCUT2D eigenvalue weighted by atomic mass is 9.97. The van der Waals surface area contributed by atoms with Crippen molar-refractivity contribution in [2.75, 3.05) is 13.2 Å². The molecule has 0 saturated carbocycles. The first-order chi connectivity index (χ1) is 14.4. The fraction of sp³-hybridized carbons (Fsp3) is 0.400. The first kappa shape index (κ1) is 22.6. The number of nitrogens with one attached hydrogen (secondary N) is 2. The minimum absolute atomic E-state index is 0.142. The Morgan fingerprint density at radius 2 is 2.00 bits per heavy atom. The second-order valence-electron chi connectivity index (χ2n) is 7.02. The highest BCUT2D eigenvalue weighted by Crippen LogP contribution is 2.22. The van der Waals surface area contributed by atoms with Crippen LogP contribution in [0.15, 0.2) is 53.7 Å². The van der Waals surface area contributed by atoms with Gasteiger partial charge >= 0.3 is 0 Å². The lowest BCUT2D eigenvalue weighted by Gasteiger charge is -2.36. The van der Waals surface area contributed by atoms with Crippen LogP contribution in [0.1, 0.15) is 29.6 Å². The van der Waals surface area contributed by atoms with Crippen LogP contribution in [0.2, 0.25) is 5.02 Å². The molecule has 1 fully saturated rings. The molecular formula is C20H24ClN3O5S. The topological polar surface area (TPSA) is 118 Å². The highest BCUT2D eigenvalue weighted by atomic mass is 35.5. The number of benzene rings is 1. The molecule has 8 nitrogen and oxygen atoms in total. The average molecular weight is 454 g/mol. The van der Waals surface area contributed by atoms with E-state index in [9.17, 15) is 18.3 Å². The van der Waals surface area contributed by atoms with Crippen LogP contribution < -0.4 is 10.0 Å². The number of amides is 1. The van der Waals surface area contributed by atoms with Crippen LogP contribution in [0.25, 0.3) is 0 Å². The molecule has 1 aliphatic rings. The van der Waals surface area contributed by atoms with Crippen molar-refractivity contribution in [3.05, 3.63) is 59.4 Å². The van der Waals surface area contributed by atoms with Crippen LogP contribution >= 0.6 is 11.6 Å². The summed E-state index contributed by atoms with van der Waals surface area (Å²) in [4.78, 5) is 16.4. The van der Waals surface area contributed by atoms with Crippen LogP contribution in [-0.2, 0) is 14.8 Å². The van der Waals surface area contributed by atoms with E-state index < -0.39 is 16.1 Å². The van der Waals surface area contributed by atoms with Gasteiger partial charge in [0.15, 0.2) is 0 Å². The number of aliphatic hydroxyl groups excluding tert-OH is 1. The number of pyridine rings is 1. The van der Waals surface area contributed by atoms with Crippen LogP contribution in [0, 0.1) is 0 Å². The van der Waals surface area contributed by atoms with Crippen molar-refractivity contribution in [2.24, 2.45) is 0 Å². The third kappa shape index (κ3) is 5.99. The molecule has 2 aromatic rings. The Balaban J connectivity index is 1.49. The zero-order valence-electron chi connectivity index (χ0n) is 16.2. The van der Waals surface area contributed by atoms with Crippen LogP contribution in [0.5, 0.6) is 0 Å². The summed E-state index contributed by atoms with van der Waals surface area (Å²) in [6.45, 7) is -0.0501. The summed E-state index contributed by atoms with van der Waals surface area (Å²) >= 11 is 5.79. The number of carbonyl (C=O) groups excluding carboxylic acids is 1.